The third-order valence-corrected chi connectivity index (χ3v) is 9.56. The Labute approximate surface area is 250 Å². The largest absolute Gasteiger partial charge is 0.507 e. The van der Waals surface area contributed by atoms with Gasteiger partial charge in [0.15, 0.2) is 34.7 Å². The number of hydrogen-bond acceptors (Lipinski definition) is 9. The summed E-state index contributed by atoms with van der Waals surface area (Å²) in [6.45, 7) is 5.73. The lowest BCUT2D eigenvalue weighted by Gasteiger charge is -2.52. The second-order valence-corrected chi connectivity index (χ2v) is 13.7. The summed E-state index contributed by atoms with van der Waals surface area (Å²) >= 11 is 0. The zero-order valence-corrected chi connectivity index (χ0v) is 25.6. The molecule has 228 valence electrons. The number of carbonyl (C=O) groups is 5. The minimum atomic E-state index is -2.75. The second-order valence-electron chi connectivity index (χ2n) is 13.7. The average molecular weight is 590 g/mol. The molecule has 0 spiro atoms. The monoisotopic (exact) mass is 589 g/mol. The van der Waals surface area contributed by atoms with Crippen LogP contribution in [0.25, 0.3) is 11.1 Å². The van der Waals surface area contributed by atoms with E-state index in [1.165, 1.54) is 4.90 Å². The number of carbonyl (C=O) groups excluding carboxylic acids is 5. The number of amides is 1. The molecule has 0 heterocycles. The van der Waals surface area contributed by atoms with Crippen molar-refractivity contribution >= 4 is 34.7 Å². The van der Waals surface area contributed by atoms with Gasteiger partial charge in [-0.2, -0.15) is 0 Å². The van der Waals surface area contributed by atoms with Crippen LogP contribution in [0, 0.1) is 23.7 Å². The number of aliphatic hydroxyl groups is 1. The topological polar surface area (TPSA) is 158 Å². The molecule has 0 aromatic heterocycles. The van der Waals surface area contributed by atoms with Gasteiger partial charge in [0.2, 0.25) is 5.91 Å². The van der Waals surface area contributed by atoms with Crippen LogP contribution >= 0.6 is 0 Å². The van der Waals surface area contributed by atoms with Crippen molar-refractivity contribution in [2.24, 2.45) is 29.4 Å². The molecule has 2 fully saturated rings. The molecular formula is C33H39N3O7. The maximum absolute atomic E-state index is 14.3. The van der Waals surface area contributed by atoms with Crippen molar-refractivity contribution in [1.82, 2.24) is 4.90 Å². The minimum Gasteiger partial charge on any atom is -0.507 e. The van der Waals surface area contributed by atoms with Gasteiger partial charge in [0.25, 0.3) is 0 Å². The summed E-state index contributed by atoms with van der Waals surface area (Å²) in [7, 11) is 7.00. The van der Waals surface area contributed by atoms with Gasteiger partial charge in [-0.15, -0.1) is 0 Å². The van der Waals surface area contributed by atoms with Gasteiger partial charge in [-0.25, -0.2) is 0 Å². The number of fused-ring (bicyclic) bond motifs is 3. The maximum atomic E-state index is 14.3. The number of rotatable bonds is 4. The molecule has 3 aliphatic carbocycles. The van der Waals surface area contributed by atoms with Crippen LogP contribution in [-0.4, -0.2) is 84.0 Å². The molecule has 10 nitrogen and oxygen atoms in total. The Morgan fingerprint density at radius 3 is 2.12 bits per heavy atom. The van der Waals surface area contributed by atoms with Crippen molar-refractivity contribution in [3.05, 3.63) is 47.0 Å². The number of anilines is 1. The van der Waals surface area contributed by atoms with Gasteiger partial charge in [-0.3, -0.25) is 28.9 Å². The fraction of sp³-hybridized carbons (Fsp3) is 0.485. The van der Waals surface area contributed by atoms with Crippen molar-refractivity contribution < 1.29 is 34.2 Å². The third kappa shape index (κ3) is 4.41. The summed E-state index contributed by atoms with van der Waals surface area (Å²) in [5.41, 5.74) is 5.76. The first-order valence-electron chi connectivity index (χ1n) is 14.4. The van der Waals surface area contributed by atoms with E-state index in [1.807, 2.05) is 70.1 Å². The van der Waals surface area contributed by atoms with Gasteiger partial charge < -0.3 is 20.8 Å². The number of aromatic hydroxyl groups is 1. The number of benzene rings is 2. The molecule has 0 bridgehead atoms. The summed E-state index contributed by atoms with van der Waals surface area (Å²) in [5.74, 6) is -10.5. The molecule has 43 heavy (non-hydrogen) atoms. The van der Waals surface area contributed by atoms with Crippen LogP contribution in [0.2, 0.25) is 0 Å². The molecule has 2 aromatic carbocycles. The molecule has 0 radical (unpaired) electrons. The highest BCUT2D eigenvalue weighted by Gasteiger charge is 2.69. The van der Waals surface area contributed by atoms with Crippen molar-refractivity contribution in [2.45, 2.75) is 50.7 Å². The zero-order chi connectivity index (χ0) is 31.9. The van der Waals surface area contributed by atoms with Crippen LogP contribution in [0.4, 0.5) is 5.69 Å². The third-order valence-electron chi connectivity index (χ3n) is 9.56. The van der Waals surface area contributed by atoms with E-state index in [9.17, 15) is 34.2 Å². The van der Waals surface area contributed by atoms with Crippen molar-refractivity contribution in [2.75, 3.05) is 33.1 Å². The van der Waals surface area contributed by atoms with Gasteiger partial charge in [-0.05, 0) is 73.2 Å². The normalized spacial score (nSPS) is 28.8. The van der Waals surface area contributed by atoms with Crippen LogP contribution in [0.15, 0.2) is 30.3 Å². The van der Waals surface area contributed by atoms with E-state index in [2.05, 4.69) is 0 Å². The van der Waals surface area contributed by atoms with Gasteiger partial charge in [0.05, 0.1) is 17.5 Å². The number of phenols is 1. The van der Waals surface area contributed by atoms with E-state index >= 15 is 0 Å². The molecule has 0 aliphatic heterocycles. The first-order valence-corrected chi connectivity index (χ1v) is 14.4. The Bertz CT molecular complexity index is 1570. The van der Waals surface area contributed by atoms with Crippen LogP contribution in [0.1, 0.15) is 48.7 Å². The van der Waals surface area contributed by atoms with Crippen LogP contribution in [-0.2, 0) is 31.0 Å². The summed E-state index contributed by atoms with van der Waals surface area (Å²) < 4.78 is 0. The number of phenolic OH excluding ortho intramolecular Hbond substituents is 1. The minimum absolute atomic E-state index is 0.00465. The number of likely N-dealkylation sites (N-methyl/N-ethyl adjacent to an activating group) is 1. The number of ketones is 4. The number of nitrogens with two attached hydrogens (primary N) is 1. The van der Waals surface area contributed by atoms with E-state index in [-0.39, 0.29) is 24.2 Å². The highest BCUT2D eigenvalue weighted by atomic mass is 16.3. The quantitative estimate of drug-likeness (QED) is 0.453. The van der Waals surface area contributed by atoms with Crippen LogP contribution in [0.5, 0.6) is 5.75 Å². The highest BCUT2D eigenvalue weighted by molar-refractivity contribution is 6.32. The zero-order valence-electron chi connectivity index (χ0n) is 25.6. The molecule has 2 saturated carbocycles. The molecule has 4 N–H and O–H groups in total. The Kier molecular flexibility index (Phi) is 7.17. The number of nitrogens with zero attached hydrogens (tertiary/aromatic N) is 2. The number of Topliss-reactive ketones (excluding diaryl/α,β-unsaturated/α-hetero) is 4. The van der Waals surface area contributed by atoms with E-state index in [1.54, 1.807) is 14.1 Å². The molecule has 6 atom stereocenters. The Hall–Kier alpha value is -3.89. The van der Waals surface area contributed by atoms with E-state index < -0.39 is 69.8 Å². The first-order chi connectivity index (χ1) is 19.9. The Morgan fingerprint density at radius 2 is 1.60 bits per heavy atom. The van der Waals surface area contributed by atoms with Gasteiger partial charge in [0, 0.05) is 31.3 Å². The molecular weight excluding hydrogens is 550 g/mol. The van der Waals surface area contributed by atoms with Gasteiger partial charge >= 0.3 is 0 Å². The fourth-order valence-electron chi connectivity index (χ4n) is 7.44. The fourth-order valence-corrected chi connectivity index (χ4v) is 7.44. The highest BCUT2D eigenvalue weighted by Crippen LogP contribution is 2.53. The number of hydrogen-bond donors (Lipinski definition) is 3. The second kappa shape index (κ2) is 10.1. The summed E-state index contributed by atoms with van der Waals surface area (Å²) in [4.78, 5) is 71.1. The Balaban J connectivity index is 1.71. The smallest absolute Gasteiger partial charge is 0.235 e. The predicted octanol–water partition coefficient (Wildman–Crippen LogP) is 1.90. The van der Waals surface area contributed by atoms with E-state index in [0.717, 1.165) is 16.8 Å². The van der Waals surface area contributed by atoms with Crippen molar-refractivity contribution in [3.8, 4) is 16.9 Å². The standard InChI is InChI=1S/C33H39N3O7/c1-32(2,3)21-14-18(15-8-10-17(11-9-15)35(4)5)19-12-16-13-20-25(36(6)7)28(39)24(31(34)42)30(41)33(20,43)29(40)22(16)27(38)23(19)26(21)37/h8-11,14,16,20,22,24-25,37,43H,12-13H2,1-7H3,(H2,34,42). The van der Waals surface area contributed by atoms with Crippen LogP contribution in [0.3, 0.4) is 0 Å². The van der Waals surface area contributed by atoms with Crippen LogP contribution < -0.4 is 10.6 Å². The van der Waals surface area contributed by atoms with E-state index in [4.69, 9.17) is 5.73 Å². The lowest BCUT2D eigenvalue weighted by Crippen LogP contribution is -2.74. The molecule has 2 aromatic rings. The van der Waals surface area contributed by atoms with Gasteiger partial charge in [-0.1, -0.05) is 32.9 Å². The lowest BCUT2D eigenvalue weighted by molar-refractivity contribution is -0.181. The lowest BCUT2D eigenvalue weighted by atomic mass is 9.52. The number of primary amides is 1. The molecule has 3 aliphatic rings. The SMILES string of the molecule is CN(C)c1ccc(-c2cc(C(C)(C)C)c(O)c3c2CC2CC4C(N(C)C)C(=O)C(C(N)=O)C(=O)C4(O)C(=O)C2C3=O)cc1. The van der Waals surface area contributed by atoms with Gasteiger partial charge in [0.1, 0.15) is 5.75 Å². The molecule has 5 rings (SSSR count). The summed E-state index contributed by atoms with van der Waals surface area (Å²) in [6, 6.07) is 8.55. The molecule has 0 saturated heterocycles. The molecule has 10 heteroatoms. The molecule has 6 unspecified atom stereocenters. The average Bonchev–Trinajstić information content (AvgIpc) is 2.90. The first kappa shape index (κ1) is 30.6. The Morgan fingerprint density at radius 1 is 1.00 bits per heavy atom. The van der Waals surface area contributed by atoms with Crippen molar-refractivity contribution in [3.63, 3.8) is 0 Å². The maximum Gasteiger partial charge on any atom is 0.235 e. The van der Waals surface area contributed by atoms with Crippen molar-refractivity contribution in [1.29, 1.82) is 0 Å². The predicted molar refractivity (Wildman–Crippen MR) is 160 cm³/mol. The van der Waals surface area contributed by atoms with E-state index in [0.29, 0.717) is 11.1 Å². The summed E-state index contributed by atoms with van der Waals surface area (Å²) in [6.07, 6.45) is 0.208. The molecule has 1 amide bonds. The summed E-state index contributed by atoms with van der Waals surface area (Å²) in [5, 5.41) is 23.4.